The summed E-state index contributed by atoms with van der Waals surface area (Å²) in [5, 5.41) is 23.6. The molecule has 33 heavy (non-hydrogen) atoms. The summed E-state index contributed by atoms with van der Waals surface area (Å²) in [6.45, 7) is 3.15. The molecule has 176 valence electrons. The Labute approximate surface area is 190 Å². The molecule has 3 aromatic rings. The fourth-order valence-electron chi connectivity index (χ4n) is 4.46. The van der Waals surface area contributed by atoms with Gasteiger partial charge in [-0.3, -0.25) is 0 Å². The summed E-state index contributed by atoms with van der Waals surface area (Å²) in [6, 6.07) is 0.808. The highest BCUT2D eigenvalue weighted by Crippen LogP contribution is 2.56. The predicted octanol–water partition coefficient (Wildman–Crippen LogP) is 5.92. The van der Waals surface area contributed by atoms with E-state index in [4.69, 9.17) is 11.6 Å². The second-order valence-electron chi connectivity index (χ2n) is 8.14. The molecule has 0 amide bonds. The van der Waals surface area contributed by atoms with Crippen molar-refractivity contribution < 1.29 is 32.2 Å². The minimum absolute atomic E-state index is 0.00290. The lowest BCUT2D eigenvalue weighted by Crippen LogP contribution is -2.55. The van der Waals surface area contributed by atoms with Crippen LogP contribution in [0.25, 0.3) is 10.9 Å². The van der Waals surface area contributed by atoms with Crippen molar-refractivity contribution in [2.75, 3.05) is 5.32 Å². The van der Waals surface area contributed by atoms with Crippen LogP contribution in [0.15, 0.2) is 24.4 Å². The maximum Gasteiger partial charge on any atom is 0.419 e. The molecule has 0 bridgehead atoms. The molecule has 3 atom stereocenters. The number of phenols is 1. The average molecular weight is 488 g/mol. The number of rotatable bonds is 3. The van der Waals surface area contributed by atoms with E-state index in [0.717, 1.165) is 18.2 Å². The van der Waals surface area contributed by atoms with Gasteiger partial charge in [-0.2, -0.15) is 13.2 Å². The van der Waals surface area contributed by atoms with Crippen molar-refractivity contribution in [1.29, 1.82) is 0 Å². The van der Waals surface area contributed by atoms with Crippen molar-refractivity contribution in [3.8, 4) is 5.75 Å². The van der Waals surface area contributed by atoms with Crippen LogP contribution in [0.1, 0.15) is 48.7 Å². The normalized spacial score (nSPS) is 22.9. The molecule has 0 radical (unpaired) electrons. The summed E-state index contributed by atoms with van der Waals surface area (Å²) in [5.41, 5.74) is -3.68. The lowest BCUT2D eigenvalue weighted by Gasteiger charge is -2.46. The van der Waals surface area contributed by atoms with E-state index in [1.165, 1.54) is 6.20 Å². The van der Waals surface area contributed by atoms with E-state index in [1.807, 2.05) is 0 Å². The summed E-state index contributed by atoms with van der Waals surface area (Å²) >= 11 is 5.82. The van der Waals surface area contributed by atoms with E-state index in [0.29, 0.717) is 5.82 Å². The zero-order valence-electron chi connectivity index (χ0n) is 17.4. The number of anilines is 1. The number of fused-ring (bicyclic) bond motifs is 2. The standard InChI is InChI=1S/C22H19ClF5N3O2/c1-3-10-7-21(33,22(26,27)28)20(12-6-14(25)18(23)19(32)17(10)12)31-16-5-11(24)4-15-13(16)8-29-9(2)30-15/h4-6,8,10,20,31-33H,3,7H2,1-2H3/t10-,20+,21-/m1/s1. The number of nitrogens with one attached hydrogen (secondary N) is 1. The zero-order valence-corrected chi connectivity index (χ0v) is 18.2. The second-order valence-corrected chi connectivity index (χ2v) is 8.51. The van der Waals surface area contributed by atoms with Gasteiger partial charge < -0.3 is 15.5 Å². The molecule has 0 spiro atoms. The van der Waals surface area contributed by atoms with Crippen LogP contribution in [0, 0.1) is 18.6 Å². The minimum atomic E-state index is -5.14. The van der Waals surface area contributed by atoms with Gasteiger partial charge in [0.15, 0.2) is 5.60 Å². The third kappa shape index (κ3) is 3.74. The molecule has 0 saturated carbocycles. The first-order valence-corrected chi connectivity index (χ1v) is 10.4. The first kappa shape index (κ1) is 23.4. The fraction of sp³-hybridized carbons (Fsp3) is 0.364. The maximum atomic E-state index is 14.5. The highest BCUT2D eigenvalue weighted by atomic mass is 35.5. The van der Waals surface area contributed by atoms with Gasteiger partial charge in [-0.25, -0.2) is 18.7 Å². The molecule has 0 unspecified atom stereocenters. The van der Waals surface area contributed by atoms with Crippen LogP contribution < -0.4 is 5.32 Å². The number of aliphatic hydroxyl groups is 1. The maximum absolute atomic E-state index is 14.5. The molecule has 1 aromatic heterocycles. The third-order valence-corrected chi connectivity index (χ3v) is 6.45. The monoisotopic (exact) mass is 487 g/mol. The van der Waals surface area contributed by atoms with Gasteiger partial charge >= 0.3 is 6.18 Å². The molecule has 1 aliphatic rings. The number of hydrogen-bond acceptors (Lipinski definition) is 5. The Hall–Kier alpha value is -2.72. The van der Waals surface area contributed by atoms with E-state index in [2.05, 4.69) is 15.3 Å². The van der Waals surface area contributed by atoms with Gasteiger partial charge in [0.05, 0.1) is 11.6 Å². The lowest BCUT2D eigenvalue weighted by molar-refractivity contribution is -0.272. The van der Waals surface area contributed by atoms with Crippen molar-refractivity contribution in [3.05, 3.63) is 58.0 Å². The SMILES string of the molecule is CC[C@@H]1C[C@](O)(C(F)(F)F)[C@@H](Nc2cc(F)cc3nc(C)ncc23)c2cc(F)c(Cl)c(O)c21. The van der Waals surface area contributed by atoms with Crippen LogP contribution in [0.2, 0.25) is 5.02 Å². The van der Waals surface area contributed by atoms with E-state index < -0.39 is 52.6 Å². The molecule has 1 heterocycles. The number of phenolic OH excluding ortho intramolecular Hbond substituents is 1. The molecular formula is C22H19ClF5N3O2. The fourth-order valence-corrected chi connectivity index (χ4v) is 4.62. The molecule has 0 fully saturated rings. The Morgan fingerprint density at radius 3 is 2.58 bits per heavy atom. The first-order valence-electron chi connectivity index (χ1n) is 10.1. The topological polar surface area (TPSA) is 78.3 Å². The van der Waals surface area contributed by atoms with Crippen LogP contribution in [-0.4, -0.2) is 32.0 Å². The van der Waals surface area contributed by atoms with Crippen molar-refractivity contribution in [2.45, 2.75) is 50.4 Å². The van der Waals surface area contributed by atoms with E-state index in [-0.39, 0.29) is 34.1 Å². The number of aromatic nitrogens is 2. The molecule has 1 aliphatic carbocycles. The number of benzene rings is 2. The molecule has 3 N–H and O–H groups in total. The third-order valence-electron chi connectivity index (χ3n) is 6.09. The number of aromatic hydroxyl groups is 1. The number of nitrogens with zero attached hydrogens (tertiary/aromatic N) is 2. The van der Waals surface area contributed by atoms with Crippen LogP contribution >= 0.6 is 11.6 Å². The van der Waals surface area contributed by atoms with Crippen molar-refractivity contribution >= 4 is 28.2 Å². The molecule has 5 nitrogen and oxygen atoms in total. The predicted molar refractivity (Wildman–Crippen MR) is 112 cm³/mol. The molecular weight excluding hydrogens is 469 g/mol. The summed E-state index contributed by atoms with van der Waals surface area (Å²) < 4.78 is 71.5. The van der Waals surface area contributed by atoms with Gasteiger partial charge in [-0.15, -0.1) is 0 Å². The second kappa shape index (κ2) is 7.95. The number of aryl methyl sites for hydroxylation is 1. The Balaban J connectivity index is 1.98. The Morgan fingerprint density at radius 2 is 1.94 bits per heavy atom. The minimum Gasteiger partial charge on any atom is -0.506 e. The zero-order chi connectivity index (χ0) is 24.3. The summed E-state index contributed by atoms with van der Waals surface area (Å²) in [6.07, 6.45) is -4.54. The van der Waals surface area contributed by atoms with Gasteiger partial charge in [0.25, 0.3) is 0 Å². The highest BCUT2D eigenvalue weighted by Gasteiger charge is 2.62. The number of halogens is 6. The summed E-state index contributed by atoms with van der Waals surface area (Å²) in [7, 11) is 0. The molecule has 2 aromatic carbocycles. The Kier molecular flexibility index (Phi) is 5.65. The molecule has 11 heteroatoms. The average Bonchev–Trinajstić information content (AvgIpc) is 2.72. The molecule has 0 saturated heterocycles. The van der Waals surface area contributed by atoms with Gasteiger partial charge in [-0.05, 0) is 43.4 Å². The largest absolute Gasteiger partial charge is 0.506 e. The van der Waals surface area contributed by atoms with Crippen LogP contribution in [0.3, 0.4) is 0 Å². The van der Waals surface area contributed by atoms with E-state index in [9.17, 15) is 32.2 Å². The number of alkyl halides is 3. The summed E-state index contributed by atoms with van der Waals surface area (Å²) in [5.74, 6) is -3.26. The van der Waals surface area contributed by atoms with Crippen LogP contribution in [0.5, 0.6) is 5.75 Å². The number of hydrogen-bond donors (Lipinski definition) is 3. The Morgan fingerprint density at radius 1 is 1.24 bits per heavy atom. The Bertz CT molecular complexity index is 1250. The summed E-state index contributed by atoms with van der Waals surface area (Å²) in [4.78, 5) is 8.10. The first-order chi connectivity index (χ1) is 15.4. The molecule has 4 rings (SSSR count). The van der Waals surface area contributed by atoms with E-state index in [1.54, 1.807) is 13.8 Å². The lowest BCUT2D eigenvalue weighted by atomic mass is 9.69. The van der Waals surface area contributed by atoms with Gasteiger partial charge in [0.2, 0.25) is 0 Å². The molecule has 0 aliphatic heterocycles. The van der Waals surface area contributed by atoms with Crippen molar-refractivity contribution in [1.82, 2.24) is 9.97 Å². The van der Waals surface area contributed by atoms with Crippen LogP contribution in [0.4, 0.5) is 27.6 Å². The van der Waals surface area contributed by atoms with Crippen molar-refractivity contribution in [2.24, 2.45) is 0 Å². The quantitative estimate of drug-likeness (QED) is 0.400. The van der Waals surface area contributed by atoms with Gasteiger partial charge in [-0.1, -0.05) is 18.5 Å². The van der Waals surface area contributed by atoms with E-state index >= 15 is 0 Å². The highest BCUT2D eigenvalue weighted by molar-refractivity contribution is 6.32. The van der Waals surface area contributed by atoms with Gasteiger partial charge in [0.1, 0.15) is 28.2 Å². The van der Waals surface area contributed by atoms with Crippen molar-refractivity contribution in [3.63, 3.8) is 0 Å². The smallest absolute Gasteiger partial charge is 0.419 e. The van der Waals surface area contributed by atoms with Gasteiger partial charge in [0, 0.05) is 28.9 Å². The van der Waals surface area contributed by atoms with Crippen LogP contribution in [-0.2, 0) is 0 Å².